The van der Waals surface area contributed by atoms with Gasteiger partial charge in [-0.15, -0.1) is 0 Å². The van der Waals surface area contributed by atoms with E-state index in [-0.39, 0.29) is 107 Å². The van der Waals surface area contributed by atoms with Gasteiger partial charge in [-0.2, -0.15) is 0 Å². The second kappa shape index (κ2) is 50.2. The Morgan fingerprint density at radius 3 is 1.12 bits per heavy atom. The molecule has 0 aromatic rings. The van der Waals surface area contributed by atoms with Crippen LogP contribution in [0.4, 0.5) is 0 Å². The Labute approximate surface area is 344 Å². The molecule has 3 atom stereocenters. The third kappa shape index (κ3) is 86.1. The van der Waals surface area contributed by atoms with Crippen LogP contribution in [0.15, 0.2) is 49.1 Å². The molecule has 2 amide bonds. The van der Waals surface area contributed by atoms with E-state index in [0.717, 1.165) is 18.9 Å². The Bertz CT molecular complexity index is 991. The molecular weight excluding hydrogens is 705 g/mol. The number of allylic oxidation sites excluding steroid dienone is 3. The number of primary amides is 2. The molecule has 0 aliphatic carbocycles. The zero-order valence-corrected chi connectivity index (χ0v) is 32.8. The van der Waals surface area contributed by atoms with Crippen LogP contribution >= 0.6 is 11.6 Å². The van der Waals surface area contributed by atoms with Gasteiger partial charge < -0.3 is 32.9 Å². The van der Waals surface area contributed by atoms with Gasteiger partial charge in [0, 0.05) is 17.9 Å². The van der Waals surface area contributed by atoms with Crippen LogP contribution in [0.5, 0.6) is 0 Å². The Balaban J connectivity index is -0.0000000319. The maximum Gasteiger partial charge on any atom is 1.00 e. The first kappa shape index (κ1) is 87.1. The monoisotopic (exact) mass is 782 g/mol. The van der Waals surface area contributed by atoms with Gasteiger partial charge in [0.25, 0.3) is 0 Å². The molecule has 3 unspecified atom stereocenters. The maximum absolute atomic E-state index is 10.9. The van der Waals surface area contributed by atoms with Gasteiger partial charge in [0.1, 0.15) is 6.04 Å². The van der Waals surface area contributed by atoms with Crippen molar-refractivity contribution in [1.82, 2.24) is 0 Å². The summed E-state index contributed by atoms with van der Waals surface area (Å²) in [4.78, 5) is 70.9. The van der Waals surface area contributed by atoms with Crippen LogP contribution in [-0.4, -0.2) is 62.3 Å². The maximum atomic E-state index is 10.9. The van der Waals surface area contributed by atoms with Crippen LogP contribution < -0.4 is 46.8 Å². The van der Waals surface area contributed by atoms with E-state index in [4.69, 9.17) is 33.3 Å². The van der Waals surface area contributed by atoms with Crippen molar-refractivity contribution in [2.75, 3.05) is 0 Å². The molecule has 0 aliphatic heterocycles. The van der Waals surface area contributed by atoms with E-state index < -0.39 is 35.0 Å². The molecule has 0 heterocycles. The van der Waals surface area contributed by atoms with Crippen LogP contribution in [-0.2, 0) is 33.6 Å². The fourth-order valence-electron chi connectivity index (χ4n) is 1.72. The second-order valence-electron chi connectivity index (χ2n) is 11.0. The largest absolute Gasteiger partial charge is 1.00 e. The average Bonchev–Trinajstić information content (AvgIpc) is 2.87. The van der Waals surface area contributed by atoms with Gasteiger partial charge >= 0.3 is 41.5 Å². The number of ketones is 2. The molecule has 0 saturated heterocycles. The smallest absolute Gasteiger partial charge is 0.870 e. The third-order valence-electron chi connectivity index (χ3n) is 4.67. The summed E-state index contributed by atoms with van der Waals surface area (Å²) in [5, 5.41) is 15.8. The molecule has 52 heavy (non-hydrogen) atoms. The minimum Gasteiger partial charge on any atom is -0.870 e. The van der Waals surface area contributed by atoms with E-state index >= 15 is 0 Å². The number of rotatable bonds is 11. The summed E-state index contributed by atoms with van der Waals surface area (Å²) >= 11 is 4.87. The minimum absolute atomic E-state index is 0. The van der Waals surface area contributed by atoms with Gasteiger partial charge in [-0.1, -0.05) is 98.1 Å². The van der Waals surface area contributed by atoms with E-state index in [0.29, 0.717) is 16.7 Å². The summed E-state index contributed by atoms with van der Waals surface area (Å²) in [7, 11) is 0. The average molecular weight is 782 g/mol. The van der Waals surface area contributed by atoms with E-state index in [1.54, 1.807) is 20.8 Å². The van der Waals surface area contributed by atoms with E-state index in [9.17, 15) is 33.6 Å². The van der Waals surface area contributed by atoms with Gasteiger partial charge in [0.2, 0.25) is 17.1 Å². The van der Waals surface area contributed by atoms with Gasteiger partial charge in [-0.05, 0) is 81.7 Å². The summed E-state index contributed by atoms with van der Waals surface area (Å²) in [5.41, 5.74) is 16.2. The first-order chi connectivity index (χ1) is 20.0. The molecule has 0 saturated carbocycles. The Morgan fingerprint density at radius 2 is 1.04 bits per heavy atom. The molecule has 0 fully saturated rings. The number of halogens is 1. The van der Waals surface area contributed by atoms with Crippen LogP contribution in [0.1, 0.15) is 126 Å². The standard InChI is InChI=1S/C9H19NO.C8H12O3.C5H8O.C4H5ClO.C3H7NO2.C3H5NO.5CH4.Na.H2O/c1-5-7(8(10)11)6-9(2,3)4;1-5(2)7(9)4-6(3)8(10)11;1-4(2)5(3)6;1-3(2)4(5)6;1-2(4)3(5)6;1-2-3(4)5;;;;;;;/h7H,5-6H2,1-4H3,(H2,10,11);6H,1,4H2,2-3H3,(H,10,11);1H2,2-3H3;1H2,2H3;2H,4H2,1H3,(H,5,6);2H,1H2,(H2,4,5);5*1H4;;1H2/q;;;;;;;;;;;+1;/p-1. The molecule has 0 radical (unpaired) electrons. The molecule has 0 aromatic heterocycles. The number of carbonyl (C=O) groups is 7. The molecule has 0 rings (SSSR count). The number of hydrogen-bond acceptors (Lipinski definition) is 9. The van der Waals surface area contributed by atoms with Crippen molar-refractivity contribution >= 4 is 52.2 Å². The van der Waals surface area contributed by atoms with Gasteiger partial charge in [-0.3, -0.25) is 33.6 Å². The van der Waals surface area contributed by atoms with Crippen molar-refractivity contribution in [3.63, 3.8) is 0 Å². The Kier molecular flexibility index (Phi) is 84.1. The van der Waals surface area contributed by atoms with E-state index in [1.165, 1.54) is 20.8 Å². The van der Waals surface area contributed by atoms with Crippen molar-refractivity contribution in [2.45, 2.75) is 132 Å². The molecule has 0 bridgehead atoms. The Hall–Kier alpha value is -2.94. The van der Waals surface area contributed by atoms with Crippen molar-refractivity contribution in [3.8, 4) is 0 Å². The normalized spacial score (nSPS) is 9.62. The Morgan fingerprint density at radius 1 is 0.769 bits per heavy atom. The molecule has 308 valence electrons. The number of aliphatic carboxylic acids is 2. The zero-order chi connectivity index (χ0) is 37.8. The predicted octanol–water partition coefficient (Wildman–Crippen LogP) is 4.74. The molecule has 13 nitrogen and oxygen atoms in total. The fraction of sp³-hybridized carbons (Fsp3) is 0.595. The zero-order valence-electron chi connectivity index (χ0n) is 30.1. The van der Waals surface area contributed by atoms with Crippen LogP contribution in [0.25, 0.3) is 0 Å². The summed E-state index contributed by atoms with van der Waals surface area (Å²) in [6.07, 6.45) is 2.84. The summed E-state index contributed by atoms with van der Waals surface area (Å²) in [6.45, 7) is 30.8. The SMILES string of the molecule is C.C.C.C.C.C=C(C)C(=O)CC(C)C(=O)O.C=C(C)C(=O)Cl.C=C(C)C(C)=O.C=CC(N)=O.CC(N)C(=O)O.CCC(CC(C)(C)C)C(N)=O.[Na+].[OH-]. The van der Waals surface area contributed by atoms with Crippen LogP contribution in [0.3, 0.4) is 0 Å². The van der Waals surface area contributed by atoms with E-state index in [2.05, 4.69) is 52.8 Å². The predicted molar refractivity (Wildman–Crippen MR) is 216 cm³/mol. The number of nitrogens with two attached hydrogens (primary N) is 3. The third-order valence-corrected chi connectivity index (χ3v) is 4.99. The summed E-state index contributed by atoms with van der Waals surface area (Å²) in [6, 6.07) is -0.731. The summed E-state index contributed by atoms with van der Waals surface area (Å²) < 4.78 is 0. The molecule has 0 aliphatic rings. The van der Waals surface area contributed by atoms with Gasteiger partial charge in [0.05, 0.1) is 5.92 Å². The molecular formula is C37H77ClN3NaO10. The molecule has 0 aromatic carbocycles. The van der Waals surface area contributed by atoms with Crippen molar-refractivity contribution < 1.29 is 78.8 Å². The number of carboxylic acid groups (broad SMARTS) is 2. The van der Waals surface area contributed by atoms with Crippen LogP contribution in [0, 0.1) is 17.3 Å². The second-order valence-corrected chi connectivity index (χ2v) is 11.4. The molecule has 9 N–H and O–H groups in total. The first-order valence-electron chi connectivity index (χ1n) is 13.6. The molecule has 15 heteroatoms. The van der Waals surface area contributed by atoms with Gasteiger partial charge in [-0.25, -0.2) is 0 Å². The van der Waals surface area contributed by atoms with Gasteiger partial charge in [0.15, 0.2) is 11.6 Å². The quantitative estimate of drug-likeness (QED) is 0.109. The van der Waals surface area contributed by atoms with Crippen LogP contribution in [0.2, 0.25) is 0 Å². The number of amides is 2. The van der Waals surface area contributed by atoms with Crippen molar-refractivity contribution in [1.29, 1.82) is 0 Å². The first-order valence-corrected chi connectivity index (χ1v) is 14.0. The topological polar surface area (TPSA) is 268 Å². The molecule has 0 spiro atoms. The number of carbonyl (C=O) groups excluding carboxylic acids is 5. The van der Waals surface area contributed by atoms with Crippen molar-refractivity contribution in [3.05, 3.63) is 49.1 Å². The van der Waals surface area contributed by atoms with Crippen molar-refractivity contribution in [2.24, 2.45) is 34.5 Å². The fourth-order valence-corrected chi connectivity index (χ4v) is 1.72. The number of Topliss-reactive ketones (excluding diaryl/α,β-unsaturated/α-hetero) is 2. The van der Waals surface area contributed by atoms with E-state index in [1.807, 2.05) is 6.92 Å². The number of hydrogen-bond donors (Lipinski definition) is 5. The summed E-state index contributed by atoms with van der Waals surface area (Å²) in [5.74, 6) is -3.23. The minimum atomic E-state index is -0.963. The number of carboxylic acids is 2.